The maximum Gasteiger partial charge on any atom is 0.310 e. The Balaban J connectivity index is 1.61. The van der Waals surface area contributed by atoms with Crippen LogP contribution in [-0.4, -0.2) is 22.3 Å². The molecule has 3 heteroatoms. The topological polar surface area (TPSA) is 57.5 Å². The molecule has 2 N–H and O–H groups in total. The number of carbonyl (C=O) groups is 1. The van der Waals surface area contributed by atoms with Gasteiger partial charge in [0.15, 0.2) is 0 Å². The van der Waals surface area contributed by atoms with Crippen molar-refractivity contribution in [3.63, 3.8) is 0 Å². The zero-order chi connectivity index (χ0) is 24.2. The Kier molecular flexibility index (Phi) is 5.15. The number of carboxylic acids is 1. The van der Waals surface area contributed by atoms with Crippen LogP contribution in [0.3, 0.4) is 0 Å². The highest BCUT2D eigenvalue weighted by Crippen LogP contribution is 2.75. The number of allylic oxidation sites excluding steroid dienone is 2. The third-order valence-corrected chi connectivity index (χ3v) is 13.4. The van der Waals surface area contributed by atoms with E-state index < -0.39 is 11.4 Å². The third kappa shape index (κ3) is 2.75. The minimum atomic E-state index is -0.557. The molecule has 5 aliphatic rings. The summed E-state index contributed by atoms with van der Waals surface area (Å²) in [5.74, 6) is 1.82. The van der Waals surface area contributed by atoms with E-state index in [2.05, 4.69) is 54.5 Å². The van der Waals surface area contributed by atoms with E-state index in [9.17, 15) is 15.0 Å². The summed E-state index contributed by atoms with van der Waals surface area (Å²) in [4.78, 5) is 12.8. The number of hydrogen-bond acceptors (Lipinski definition) is 2. The van der Waals surface area contributed by atoms with E-state index in [1.54, 1.807) is 0 Å². The first-order valence-corrected chi connectivity index (χ1v) is 13.9. The summed E-state index contributed by atoms with van der Waals surface area (Å²) in [5.41, 5.74) is 1.46. The van der Waals surface area contributed by atoms with E-state index in [-0.39, 0.29) is 33.7 Å². The molecule has 0 radical (unpaired) electrons. The van der Waals surface area contributed by atoms with Crippen molar-refractivity contribution >= 4 is 5.97 Å². The Bertz CT molecular complexity index is 874. The number of aliphatic hydroxyl groups is 1. The van der Waals surface area contributed by atoms with Gasteiger partial charge in [-0.1, -0.05) is 60.1 Å². The summed E-state index contributed by atoms with van der Waals surface area (Å²) in [5, 5.41) is 21.4. The lowest BCUT2D eigenvalue weighted by molar-refractivity contribution is -0.206. The lowest BCUT2D eigenvalue weighted by Crippen LogP contribution is -2.65. The highest BCUT2D eigenvalue weighted by molar-refractivity contribution is 5.76. The number of aliphatic carboxylic acids is 1. The SMILES string of the molecule is C[C@@H]1[C@H](C)CC[C@@]2(C(=O)O)CC[C@]3(C)C(=CC[C@H]4[C@@]5(C)CC[C@@H](O)C(C)(C)[C@@H]5CC[C@@]43C)[C@H]12. The first-order chi connectivity index (χ1) is 15.3. The lowest BCUT2D eigenvalue weighted by Gasteiger charge is -2.71. The molecule has 5 aliphatic carbocycles. The largest absolute Gasteiger partial charge is 0.481 e. The van der Waals surface area contributed by atoms with Crippen molar-refractivity contribution in [3.8, 4) is 0 Å². The highest BCUT2D eigenvalue weighted by atomic mass is 16.4. The molecule has 186 valence electrons. The zero-order valence-electron chi connectivity index (χ0n) is 22.2. The van der Waals surface area contributed by atoms with Crippen molar-refractivity contribution < 1.29 is 15.0 Å². The first kappa shape index (κ1) is 23.9. The molecule has 0 saturated heterocycles. The normalized spacial score (nSPS) is 55.3. The Morgan fingerprint density at radius 2 is 1.61 bits per heavy atom. The van der Waals surface area contributed by atoms with Crippen LogP contribution >= 0.6 is 0 Å². The van der Waals surface area contributed by atoms with Crippen molar-refractivity contribution in [3.05, 3.63) is 11.6 Å². The standard InChI is InChI=1S/C30H48O3/c1-18-10-15-30(25(32)33)17-16-28(6)20(24(30)19(18)2)8-9-22-27(5)13-12-23(31)26(3,4)21(27)11-14-29(22,28)7/h8,18-19,21-24,31H,9-17H2,1-7H3,(H,32,33)/t18-,19-,21+,22+,23-,24+,27+,28-,29+,30-/m1/s1. The number of carboxylic acid groups (broad SMARTS) is 1. The van der Waals surface area contributed by atoms with E-state index in [0.717, 1.165) is 44.9 Å². The smallest absolute Gasteiger partial charge is 0.310 e. The van der Waals surface area contributed by atoms with Gasteiger partial charge in [0.2, 0.25) is 0 Å². The van der Waals surface area contributed by atoms with E-state index in [0.29, 0.717) is 23.7 Å². The van der Waals surface area contributed by atoms with Crippen LogP contribution < -0.4 is 0 Å². The Morgan fingerprint density at radius 1 is 0.909 bits per heavy atom. The van der Waals surface area contributed by atoms with Crippen molar-refractivity contribution in [2.45, 2.75) is 112 Å². The van der Waals surface area contributed by atoms with Crippen LogP contribution in [0, 0.1) is 56.7 Å². The summed E-state index contributed by atoms with van der Waals surface area (Å²) in [6.07, 6.45) is 11.6. The van der Waals surface area contributed by atoms with Crippen LogP contribution in [0.25, 0.3) is 0 Å². The molecule has 0 spiro atoms. The van der Waals surface area contributed by atoms with Crippen LogP contribution in [0.2, 0.25) is 0 Å². The minimum absolute atomic E-state index is 0.0302. The molecule has 0 aliphatic heterocycles. The molecule has 0 bridgehead atoms. The van der Waals surface area contributed by atoms with E-state index in [4.69, 9.17) is 0 Å². The van der Waals surface area contributed by atoms with E-state index >= 15 is 0 Å². The molecule has 4 saturated carbocycles. The molecule has 0 unspecified atom stereocenters. The summed E-state index contributed by atoms with van der Waals surface area (Å²) in [6.45, 7) is 17.0. The molecular weight excluding hydrogens is 408 g/mol. The van der Waals surface area contributed by atoms with Crippen molar-refractivity contribution in [2.24, 2.45) is 56.7 Å². The van der Waals surface area contributed by atoms with Gasteiger partial charge in [-0.15, -0.1) is 0 Å². The van der Waals surface area contributed by atoms with Crippen LogP contribution in [0.15, 0.2) is 11.6 Å². The molecule has 0 amide bonds. The number of rotatable bonds is 1. The molecule has 10 atom stereocenters. The van der Waals surface area contributed by atoms with Crippen LogP contribution in [0.5, 0.6) is 0 Å². The zero-order valence-corrected chi connectivity index (χ0v) is 22.2. The molecule has 0 aromatic rings. The fourth-order valence-electron chi connectivity index (χ4n) is 10.8. The second-order valence-corrected chi connectivity index (χ2v) is 14.5. The maximum absolute atomic E-state index is 12.8. The van der Waals surface area contributed by atoms with Gasteiger partial charge in [-0.2, -0.15) is 0 Å². The molecule has 3 nitrogen and oxygen atoms in total. The summed E-state index contributed by atoms with van der Waals surface area (Å²) < 4.78 is 0. The van der Waals surface area contributed by atoms with E-state index in [1.807, 2.05) is 0 Å². The number of hydrogen-bond donors (Lipinski definition) is 2. The lowest BCUT2D eigenvalue weighted by atomic mass is 9.33. The highest BCUT2D eigenvalue weighted by Gasteiger charge is 2.69. The van der Waals surface area contributed by atoms with Crippen LogP contribution in [-0.2, 0) is 4.79 Å². The maximum atomic E-state index is 12.8. The first-order valence-electron chi connectivity index (χ1n) is 13.9. The van der Waals surface area contributed by atoms with Crippen molar-refractivity contribution in [2.75, 3.05) is 0 Å². The Hall–Kier alpha value is -0.830. The third-order valence-electron chi connectivity index (χ3n) is 13.4. The second-order valence-electron chi connectivity index (χ2n) is 14.5. The monoisotopic (exact) mass is 456 g/mol. The van der Waals surface area contributed by atoms with Crippen LogP contribution in [0.4, 0.5) is 0 Å². The van der Waals surface area contributed by atoms with Gasteiger partial charge in [-0.05, 0) is 109 Å². The molecule has 4 fully saturated rings. The summed E-state index contributed by atoms with van der Waals surface area (Å²) in [6, 6.07) is 0. The minimum Gasteiger partial charge on any atom is -0.481 e. The molecule has 0 heterocycles. The number of fused-ring (bicyclic) bond motifs is 7. The van der Waals surface area contributed by atoms with Gasteiger partial charge in [0.25, 0.3) is 0 Å². The number of aliphatic hydroxyl groups excluding tert-OH is 1. The summed E-state index contributed by atoms with van der Waals surface area (Å²) in [7, 11) is 0. The van der Waals surface area contributed by atoms with Gasteiger partial charge >= 0.3 is 5.97 Å². The summed E-state index contributed by atoms with van der Waals surface area (Å²) >= 11 is 0. The fraction of sp³-hybridized carbons (Fsp3) is 0.900. The van der Waals surface area contributed by atoms with Crippen LogP contribution in [0.1, 0.15) is 106 Å². The van der Waals surface area contributed by atoms with Gasteiger partial charge < -0.3 is 10.2 Å². The Morgan fingerprint density at radius 3 is 2.27 bits per heavy atom. The van der Waals surface area contributed by atoms with Gasteiger partial charge in [0.05, 0.1) is 11.5 Å². The van der Waals surface area contributed by atoms with Gasteiger partial charge in [-0.3, -0.25) is 4.79 Å². The van der Waals surface area contributed by atoms with Gasteiger partial charge in [0, 0.05) is 0 Å². The predicted octanol–water partition coefficient (Wildman–Crippen LogP) is 7.09. The second kappa shape index (κ2) is 7.11. The molecule has 5 rings (SSSR count). The van der Waals surface area contributed by atoms with Gasteiger partial charge in [-0.25, -0.2) is 0 Å². The Labute approximate surface area is 201 Å². The predicted molar refractivity (Wildman–Crippen MR) is 133 cm³/mol. The van der Waals surface area contributed by atoms with Crippen molar-refractivity contribution in [1.29, 1.82) is 0 Å². The van der Waals surface area contributed by atoms with Crippen molar-refractivity contribution in [1.82, 2.24) is 0 Å². The molecule has 33 heavy (non-hydrogen) atoms. The molecule has 0 aromatic heterocycles. The molecular formula is C30H48O3. The fourth-order valence-corrected chi connectivity index (χ4v) is 10.8. The van der Waals surface area contributed by atoms with E-state index in [1.165, 1.54) is 18.4 Å². The van der Waals surface area contributed by atoms with Gasteiger partial charge in [0.1, 0.15) is 0 Å². The quantitative estimate of drug-likeness (QED) is 0.414. The molecule has 0 aromatic carbocycles. The average molecular weight is 457 g/mol. The average Bonchev–Trinajstić information content (AvgIpc) is 2.74.